The predicted octanol–water partition coefficient (Wildman–Crippen LogP) is 2.50. The number of carbonyl (C=O) groups is 1. The summed E-state index contributed by atoms with van der Waals surface area (Å²) in [6.07, 6.45) is 0. The minimum Gasteiger partial charge on any atom is -0.457 e. The summed E-state index contributed by atoms with van der Waals surface area (Å²) in [4.78, 5) is 8.85. The van der Waals surface area contributed by atoms with Crippen molar-refractivity contribution in [2.75, 3.05) is 6.61 Å². The molecule has 0 rings (SSSR count). The Balaban J connectivity index is 3.95. The van der Waals surface area contributed by atoms with Crippen LogP contribution in [0, 0.1) is 0 Å². The third-order valence-electron chi connectivity index (χ3n) is 0.904. The third-order valence-corrected chi connectivity index (χ3v) is 1.58. The fourth-order valence-electron chi connectivity index (χ4n) is 0.293. The van der Waals surface area contributed by atoms with Crippen LogP contribution in [0.3, 0.4) is 0 Å². The van der Waals surface area contributed by atoms with E-state index in [0.717, 1.165) is 0 Å². The van der Waals surface area contributed by atoms with Gasteiger partial charge in [-0.3, -0.25) is 0 Å². The zero-order chi connectivity index (χ0) is 10.6. The summed E-state index contributed by atoms with van der Waals surface area (Å²) < 4.78 is 40.3. The van der Waals surface area contributed by atoms with Gasteiger partial charge in [-0.25, -0.2) is 9.18 Å². The van der Waals surface area contributed by atoms with Crippen molar-refractivity contribution in [3.8, 4) is 0 Å². The van der Waals surface area contributed by atoms with Crippen molar-refractivity contribution in [3.05, 3.63) is 0 Å². The van der Waals surface area contributed by atoms with Crippen molar-refractivity contribution in [2.24, 2.45) is 0 Å². The molecule has 0 aliphatic heterocycles. The molecule has 0 spiro atoms. The number of carbonyl (C=O) groups excluding carboxylic acids is 1. The Morgan fingerprint density at radius 2 is 1.85 bits per heavy atom. The van der Waals surface area contributed by atoms with E-state index >= 15 is 0 Å². The lowest BCUT2D eigenvalue weighted by molar-refractivity contribution is -0.156. The highest BCUT2D eigenvalue weighted by Crippen LogP contribution is 2.25. The number of esters is 1. The SMILES string of the molecule is O=C(OCC(F)(F)C(F)Cl)C(Cl)Cl. The summed E-state index contributed by atoms with van der Waals surface area (Å²) in [5.41, 5.74) is -2.93. The Labute approximate surface area is 86.9 Å². The average Bonchev–Trinajstić information content (AvgIpc) is 1.99. The Morgan fingerprint density at radius 3 is 2.15 bits per heavy atom. The second-order valence-electron chi connectivity index (χ2n) is 1.97. The highest BCUT2D eigenvalue weighted by atomic mass is 35.5. The van der Waals surface area contributed by atoms with Crippen LogP contribution in [-0.4, -0.2) is 29.0 Å². The molecule has 8 heteroatoms. The third kappa shape index (κ3) is 4.78. The van der Waals surface area contributed by atoms with Gasteiger partial charge in [0, 0.05) is 0 Å². The minimum atomic E-state index is -3.94. The number of hydrogen-bond acceptors (Lipinski definition) is 2. The first-order valence-corrected chi connectivity index (χ1v) is 4.19. The van der Waals surface area contributed by atoms with E-state index in [4.69, 9.17) is 23.2 Å². The van der Waals surface area contributed by atoms with Crippen molar-refractivity contribution in [3.63, 3.8) is 0 Å². The van der Waals surface area contributed by atoms with E-state index in [1.807, 2.05) is 0 Å². The van der Waals surface area contributed by atoms with Crippen LogP contribution in [0.4, 0.5) is 13.2 Å². The molecule has 0 amide bonds. The summed E-state index contributed by atoms with van der Waals surface area (Å²) in [7, 11) is 0. The molecule has 0 saturated carbocycles. The van der Waals surface area contributed by atoms with Crippen molar-refractivity contribution >= 4 is 40.8 Å². The molecule has 13 heavy (non-hydrogen) atoms. The fraction of sp³-hybridized carbons (Fsp3) is 0.800. The summed E-state index contributed by atoms with van der Waals surface area (Å²) in [5.74, 6) is -5.22. The van der Waals surface area contributed by atoms with Gasteiger partial charge in [-0.15, -0.1) is 0 Å². The van der Waals surface area contributed by atoms with Gasteiger partial charge in [-0.05, 0) is 0 Å². The van der Waals surface area contributed by atoms with Crippen molar-refractivity contribution < 1.29 is 22.7 Å². The van der Waals surface area contributed by atoms with Gasteiger partial charge in [-0.2, -0.15) is 8.78 Å². The summed E-state index contributed by atoms with van der Waals surface area (Å²) in [5, 5.41) is 0. The molecule has 0 radical (unpaired) electrons. The topological polar surface area (TPSA) is 26.3 Å². The fourth-order valence-corrected chi connectivity index (χ4v) is 0.482. The predicted molar refractivity (Wildman–Crippen MR) is 42.1 cm³/mol. The molecule has 2 nitrogen and oxygen atoms in total. The summed E-state index contributed by atoms with van der Waals surface area (Å²) >= 11 is 14.4. The van der Waals surface area contributed by atoms with E-state index < -0.39 is 29.0 Å². The number of ether oxygens (including phenoxy) is 1. The van der Waals surface area contributed by atoms with E-state index in [2.05, 4.69) is 16.3 Å². The van der Waals surface area contributed by atoms with Gasteiger partial charge in [0.1, 0.15) is 0 Å². The van der Waals surface area contributed by atoms with Crippen LogP contribution in [0.1, 0.15) is 0 Å². The van der Waals surface area contributed by atoms with Gasteiger partial charge in [0.15, 0.2) is 6.61 Å². The molecule has 0 aromatic heterocycles. The molecule has 0 fully saturated rings. The first-order chi connectivity index (χ1) is 5.77. The van der Waals surface area contributed by atoms with E-state index in [1.54, 1.807) is 0 Å². The molecule has 1 unspecified atom stereocenters. The maximum Gasteiger partial charge on any atom is 0.339 e. The number of rotatable bonds is 4. The molecular weight excluding hydrogens is 255 g/mol. The molecule has 0 aliphatic carbocycles. The number of alkyl halides is 6. The standard InChI is InChI=1S/C5H4Cl3F3O2/c6-2(7)3(12)13-1-5(10,11)4(8)9/h2,4H,1H2. The van der Waals surface area contributed by atoms with Crippen LogP contribution >= 0.6 is 34.8 Å². The molecule has 0 heterocycles. The largest absolute Gasteiger partial charge is 0.457 e. The van der Waals surface area contributed by atoms with Gasteiger partial charge < -0.3 is 4.74 Å². The van der Waals surface area contributed by atoms with Gasteiger partial charge in [0.05, 0.1) is 0 Å². The molecule has 0 aliphatic rings. The van der Waals surface area contributed by atoms with Crippen molar-refractivity contribution in [2.45, 2.75) is 16.4 Å². The summed E-state index contributed by atoms with van der Waals surface area (Å²) in [6.45, 7) is -1.49. The first kappa shape index (κ1) is 13.1. The van der Waals surface area contributed by atoms with Crippen LogP contribution < -0.4 is 0 Å². The molecular formula is C5H4Cl3F3O2. The Kier molecular flexibility index (Phi) is 5.17. The zero-order valence-corrected chi connectivity index (χ0v) is 8.21. The Bertz CT molecular complexity index is 186. The molecule has 0 saturated heterocycles. The highest BCUT2D eigenvalue weighted by molar-refractivity contribution is 6.52. The van der Waals surface area contributed by atoms with Crippen LogP contribution in [0.2, 0.25) is 0 Å². The van der Waals surface area contributed by atoms with Crippen molar-refractivity contribution in [1.29, 1.82) is 0 Å². The van der Waals surface area contributed by atoms with E-state index in [9.17, 15) is 18.0 Å². The second kappa shape index (κ2) is 5.12. The number of halogens is 6. The van der Waals surface area contributed by atoms with Crippen LogP contribution in [0.25, 0.3) is 0 Å². The van der Waals surface area contributed by atoms with E-state index in [1.165, 1.54) is 0 Å². The second-order valence-corrected chi connectivity index (χ2v) is 3.45. The van der Waals surface area contributed by atoms with Gasteiger partial charge in [0.25, 0.3) is 0 Å². The van der Waals surface area contributed by atoms with Crippen LogP contribution in [-0.2, 0) is 9.53 Å². The Hall–Kier alpha value is 0.130. The lowest BCUT2D eigenvalue weighted by Crippen LogP contribution is -2.33. The van der Waals surface area contributed by atoms with Crippen LogP contribution in [0.15, 0.2) is 0 Å². The molecule has 0 aromatic rings. The smallest absolute Gasteiger partial charge is 0.339 e. The van der Waals surface area contributed by atoms with Gasteiger partial charge >= 0.3 is 11.9 Å². The molecule has 0 aromatic carbocycles. The minimum absolute atomic E-state index is 1.28. The zero-order valence-electron chi connectivity index (χ0n) is 5.95. The first-order valence-electron chi connectivity index (χ1n) is 2.88. The maximum atomic E-state index is 12.3. The summed E-state index contributed by atoms with van der Waals surface area (Å²) in [6, 6.07) is 0. The maximum absolute atomic E-state index is 12.3. The molecule has 78 valence electrons. The van der Waals surface area contributed by atoms with Crippen LogP contribution in [0.5, 0.6) is 0 Å². The lowest BCUT2D eigenvalue weighted by Gasteiger charge is -2.15. The average molecular weight is 259 g/mol. The molecule has 0 bridgehead atoms. The van der Waals surface area contributed by atoms with Gasteiger partial charge in [-0.1, -0.05) is 34.8 Å². The lowest BCUT2D eigenvalue weighted by atomic mass is 10.4. The highest BCUT2D eigenvalue weighted by Gasteiger charge is 2.40. The molecule has 0 N–H and O–H groups in total. The van der Waals surface area contributed by atoms with E-state index in [0.29, 0.717) is 0 Å². The normalized spacial score (nSPS) is 14.4. The quantitative estimate of drug-likeness (QED) is 0.573. The number of hydrogen-bond donors (Lipinski definition) is 0. The van der Waals surface area contributed by atoms with Gasteiger partial charge in [0.2, 0.25) is 10.5 Å². The molecule has 1 atom stereocenters. The monoisotopic (exact) mass is 258 g/mol. The van der Waals surface area contributed by atoms with E-state index in [-0.39, 0.29) is 0 Å². The van der Waals surface area contributed by atoms with Crippen molar-refractivity contribution in [1.82, 2.24) is 0 Å². The Morgan fingerprint density at radius 1 is 1.38 bits per heavy atom.